The molecular weight excluding hydrogens is 890 g/mol. The second kappa shape index (κ2) is 54.8. The number of hydrogen-bond acceptors (Lipinski definition) is 6. The Labute approximate surface area is 438 Å². The van der Waals surface area contributed by atoms with Gasteiger partial charge in [-0.1, -0.05) is 309 Å². The number of rotatable bonds is 60. The topological polar surface area (TPSA) is 91.3 Å². The Kier molecular flexibility index (Phi) is 54.4. The van der Waals surface area contributed by atoms with Gasteiger partial charge in [-0.25, -0.2) is 4.57 Å². The zero-order chi connectivity index (χ0) is 51.2. The monoisotopic (exact) mass is 1010 g/mol. The molecule has 0 aromatic rings. The van der Waals surface area contributed by atoms with E-state index in [-0.39, 0.29) is 25.8 Å². The van der Waals surface area contributed by atoms with Gasteiger partial charge in [0.2, 0.25) is 0 Å². The standard InChI is InChI=1S/C61H124NO7P/c1-6-8-10-12-14-16-18-20-22-24-26-28-30-31-33-35-37-39-41-43-45-47-49-51-53-56-66-58-60(59-68-70(64,65)67-57-55-62(3,4)5)69-61(63)54-52-50-48-46-44-42-40-38-36-34-32-29-27-25-23-21-19-17-15-13-11-9-7-2/h60H,6-59H2,1-5H3/p+1. The van der Waals surface area contributed by atoms with Crippen LogP contribution in [0, 0.1) is 0 Å². The molecule has 2 unspecified atom stereocenters. The minimum absolute atomic E-state index is 0.0946. The van der Waals surface area contributed by atoms with Gasteiger partial charge in [0.15, 0.2) is 0 Å². The van der Waals surface area contributed by atoms with Gasteiger partial charge < -0.3 is 18.9 Å². The highest BCUT2D eigenvalue weighted by Gasteiger charge is 2.26. The van der Waals surface area contributed by atoms with E-state index in [0.29, 0.717) is 24.1 Å². The Morgan fingerprint density at radius 1 is 0.386 bits per heavy atom. The fourth-order valence-electron chi connectivity index (χ4n) is 9.62. The molecule has 0 aromatic heterocycles. The quantitative estimate of drug-likeness (QED) is 0.0281. The van der Waals surface area contributed by atoms with E-state index in [1.807, 2.05) is 21.1 Å². The van der Waals surface area contributed by atoms with Gasteiger partial charge in [-0.3, -0.25) is 13.8 Å². The summed E-state index contributed by atoms with van der Waals surface area (Å²) in [6.45, 7) is 5.73. The van der Waals surface area contributed by atoms with Gasteiger partial charge in [0, 0.05) is 13.0 Å². The lowest BCUT2D eigenvalue weighted by Gasteiger charge is -2.24. The number of ether oxygens (including phenoxy) is 2. The number of phosphoric acid groups is 1. The minimum atomic E-state index is -4.28. The Balaban J connectivity index is 3.96. The van der Waals surface area contributed by atoms with Crippen LogP contribution in [0.25, 0.3) is 0 Å². The number of phosphoric ester groups is 1. The summed E-state index contributed by atoms with van der Waals surface area (Å²) in [6.07, 6.45) is 64.7. The van der Waals surface area contributed by atoms with Crippen molar-refractivity contribution >= 4 is 13.8 Å². The summed E-state index contributed by atoms with van der Waals surface area (Å²) in [4.78, 5) is 23.1. The average Bonchev–Trinajstić information content (AvgIpc) is 3.32. The molecule has 0 aliphatic heterocycles. The molecule has 0 aliphatic carbocycles. The molecule has 2 atom stereocenters. The predicted molar refractivity (Wildman–Crippen MR) is 303 cm³/mol. The van der Waals surface area contributed by atoms with Gasteiger partial charge in [-0.15, -0.1) is 0 Å². The van der Waals surface area contributed by atoms with Crippen LogP contribution in [-0.4, -0.2) is 75.6 Å². The number of carbonyl (C=O) groups is 1. The van der Waals surface area contributed by atoms with Crippen molar-refractivity contribution < 1.29 is 37.3 Å². The van der Waals surface area contributed by atoms with Crippen LogP contribution in [0.4, 0.5) is 0 Å². The molecule has 1 N–H and O–H groups in total. The predicted octanol–water partition coefficient (Wildman–Crippen LogP) is 19.9. The number of quaternary nitrogens is 1. The number of hydrogen-bond donors (Lipinski definition) is 1. The third-order valence-electron chi connectivity index (χ3n) is 14.4. The van der Waals surface area contributed by atoms with E-state index >= 15 is 0 Å². The number of nitrogens with zero attached hydrogens (tertiary/aromatic N) is 1. The lowest BCUT2D eigenvalue weighted by atomic mass is 10.0. The highest BCUT2D eigenvalue weighted by molar-refractivity contribution is 7.47. The Bertz CT molecular complexity index is 1090. The molecule has 0 fully saturated rings. The summed E-state index contributed by atoms with van der Waals surface area (Å²) in [7, 11) is 1.70. The molecule has 0 saturated heterocycles. The molecule has 420 valence electrons. The van der Waals surface area contributed by atoms with E-state index in [9.17, 15) is 14.3 Å². The van der Waals surface area contributed by atoms with Crippen molar-refractivity contribution in [2.45, 2.75) is 335 Å². The van der Waals surface area contributed by atoms with Crippen LogP contribution in [-0.2, 0) is 27.9 Å². The van der Waals surface area contributed by atoms with Gasteiger partial charge in [-0.2, -0.15) is 0 Å². The molecule has 0 radical (unpaired) electrons. The molecule has 0 rings (SSSR count). The molecule has 9 heteroatoms. The third kappa shape index (κ3) is 58.4. The molecule has 0 amide bonds. The summed E-state index contributed by atoms with van der Waals surface area (Å²) in [5, 5.41) is 0. The lowest BCUT2D eigenvalue weighted by Crippen LogP contribution is -2.37. The molecule has 0 spiro atoms. The maximum atomic E-state index is 12.8. The molecule has 0 bridgehead atoms. The number of unbranched alkanes of at least 4 members (excludes halogenated alkanes) is 46. The van der Waals surface area contributed by atoms with E-state index in [4.69, 9.17) is 18.5 Å². The molecule has 70 heavy (non-hydrogen) atoms. The first-order valence-corrected chi connectivity index (χ1v) is 32.8. The zero-order valence-corrected chi connectivity index (χ0v) is 48.9. The van der Waals surface area contributed by atoms with Crippen molar-refractivity contribution in [2.75, 3.05) is 54.1 Å². The first-order valence-electron chi connectivity index (χ1n) is 31.3. The van der Waals surface area contributed by atoms with E-state index in [1.54, 1.807) is 0 Å². The highest BCUT2D eigenvalue weighted by Crippen LogP contribution is 2.43. The van der Waals surface area contributed by atoms with Crippen molar-refractivity contribution in [2.24, 2.45) is 0 Å². The highest BCUT2D eigenvalue weighted by atomic mass is 31.2. The molecule has 0 heterocycles. The zero-order valence-electron chi connectivity index (χ0n) is 48.1. The van der Waals surface area contributed by atoms with Crippen LogP contribution in [0.3, 0.4) is 0 Å². The lowest BCUT2D eigenvalue weighted by molar-refractivity contribution is -0.870. The molecule has 0 aliphatic rings. The van der Waals surface area contributed by atoms with E-state index < -0.39 is 13.9 Å². The summed E-state index contributed by atoms with van der Waals surface area (Å²) in [6, 6.07) is 0. The third-order valence-corrected chi connectivity index (χ3v) is 15.4. The molecule has 0 saturated carbocycles. The largest absolute Gasteiger partial charge is 0.472 e. The summed E-state index contributed by atoms with van der Waals surface area (Å²) < 4.78 is 35.4. The van der Waals surface area contributed by atoms with Crippen LogP contribution in [0.1, 0.15) is 328 Å². The molecule has 8 nitrogen and oxygen atoms in total. The van der Waals surface area contributed by atoms with Gasteiger partial charge in [0.05, 0.1) is 34.4 Å². The fraction of sp³-hybridized carbons (Fsp3) is 0.984. The number of likely N-dealkylation sites (N-methyl/N-ethyl adjacent to an activating group) is 1. The first kappa shape index (κ1) is 69.5. The first-order chi connectivity index (χ1) is 34.1. The Morgan fingerprint density at radius 3 is 0.943 bits per heavy atom. The summed E-state index contributed by atoms with van der Waals surface area (Å²) in [5.74, 6) is -0.301. The van der Waals surface area contributed by atoms with Crippen LogP contribution < -0.4 is 0 Å². The SMILES string of the molecule is CCCCCCCCCCCCCCCCCCCCCCCCCCCOCC(COP(=O)(O)OCC[N+](C)(C)C)OC(=O)CCCCCCCCCCCCCCCCCCCCCCCCC. The average molecular weight is 1020 g/mol. The van der Waals surface area contributed by atoms with Crippen LogP contribution in [0.15, 0.2) is 0 Å². The van der Waals surface area contributed by atoms with Crippen molar-refractivity contribution in [3.63, 3.8) is 0 Å². The Morgan fingerprint density at radius 2 is 0.657 bits per heavy atom. The summed E-state index contributed by atoms with van der Waals surface area (Å²) >= 11 is 0. The van der Waals surface area contributed by atoms with Crippen molar-refractivity contribution in [1.82, 2.24) is 0 Å². The van der Waals surface area contributed by atoms with Crippen molar-refractivity contribution in [3.8, 4) is 0 Å². The van der Waals surface area contributed by atoms with E-state index in [1.165, 1.54) is 276 Å². The second-order valence-corrected chi connectivity index (χ2v) is 24.3. The molecular formula is C61H125NO7P+. The van der Waals surface area contributed by atoms with Crippen LogP contribution in [0.2, 0.25) is 0 Å². The van der Waals surface area contributed by atoms with E-state index in [2.05, 4.69) is 13.8 Å². The second-order valence-electron chi connectivity index (χ2n) is 22.8. The Hall–Kier alpha value is -0.500. The van der Waals surface area contributed by atoms with Gasteiger partial charge in [0.1, 0.15) is 19.3 Å². The van der Waals surface area contributed by atoms with Gasteiger partial charge in [0.25, 0.3) is 0 Å². The normalized spacial score (nSPS) is 13.3. The van der Waals surface area contributed by atoms with Crippen LogP contribution >= 0.6 is 7.82 Å². The van der Waals surface area contributed by atoms with Gasteiger partial charge in [-0.05, 0) is 12.8 Å². The maximum Gasteiger partial charge on any atom is 0.472 e. The van der Waals surface area contributed by atoms with E-state index in [0.717, 1.165) is 32.1 Å². The minimum Gasteiger partial charge on any atom is -0.457 e. The molecule has 0 aromatic carbocycles. The smallest absolute Gasteiger partial charge is 0.457 e. The van der Waals surface area contributed by atoms with Gasteiger partial charge >= 0.3 is 13.8 Å². The van der Waals surface area contributed by atoms with Crippen LogP contribution in [0.5, 0.6) is 0 Å². The summed E-state index contributed by atoms with van der Waals surface area (Å²) in [5.41, 5.74) is 0. The number of esters is 1. The fourth-order valence-corrected chi connectivity index (χ4v) is 10.4. The van der Waals surface area contributed by atoms with Crippen molar-refractivity contribution in [1.29, 1.82) is 0 Å². The van der Waals surface area contributed by atoms with Crippen molar-refractivity contribution in [3.05, 3.63) is 0 Å². The number of carbonyl (C=O) groups excluding carboxylic acids is 1. The maximum absolute atomic E-state index is 12.8.